The largest absolute Gasteiger partial charge is 0.466 e. The number of β-amino-alcohol motifs (C(OH)–C–C–N with tert-alkyl or cyclic N) is 1. The molecule has 2 aromatic carbocycles. The minimum absolute atomic E-state index is 0.0503. The fourth-order valence-corrected chi connectivity index (χ4v) is 4.30. The Kier molecular flexibility index (Phi) is 7.08. The second kappa shape index (κ2) is 10.4. The van der Waals surface area contributed by atoms with Crippen molar-refractivity contribution in [3.8, 4) is 0 Å². The summed E-state index contributed by atoms with van der Waals surface area (Å²) in [4.78, 5) is 39.0. The van der Waals surface area contributed by atoms with Gasteiger partial charge in [-0.15, -0.1) is 0 Å². The van der Waals surface area contributed by atoms with E-state index in [1.807, 2.05) is 48.5 Å². The molecule has 0 aromatic heterocycles. The van der Waals surface area contributed by atoms with Gasteiger partial charge >= 0.3 is 5.97 Å². The van der Waals surface area contributed by atoms with Crippen molar-refractivity contribution in [1.82, 2.24) is 4.90 Å². The molecule has 4 rings (SSSR count). The van der Waals surface area contributed by atoms with E-state index in [9.17, 15) is 19.5 Å². The molecule has 1 atom stereocenters. The number of nitrogens with zero attached hydrogens (tertiary/aromatic N) is 1. The maximum Gasteiger partial charge on any atom is 0.337 e. The number of hydrogen-bond donors (Lipinski definition) is 3. The molecule has 1 aliphatic heterocycles. The highest BCUT2D eigenvalue weighted by molar-refractivity contribution is 6.09. The fraction of sp³-hybridized carbons (Fsp3) is 0.269. The summed E-state index contributed by atoms with van der Waals surface area (Å²) >= 11 is 0. The molecular weight excluding hydrogens is 434 g/mol. The monoisotopic (exact) mass is 461 g/mol. The highest BCUT2D eigenvalue weighted by atomic mass is 16.5. The first-order chi connectivity index (χ1) is 16.5. The Morgan fingerprint density at radius 2 is 1.71 bits per heavy atom. The molecule has 0 saturated heterocycles. The molecule has 1 heterocycles. The third-order valence-electron chi connectivity index (χ3n) is 5.96. The van der Waals surface area contributed by atoms with Gasteiger partial charge in [-0.05, 0) is 30.0 Å². The van der Waals surface area contributed by atoms with Gasteiger partial charge in [0.05, 0.1) is 37.2 Å². The van der Waals surface area contributed by atoms with E-state index in [-0.39, 0.29) is 48.6 Å². The van der Waals surface area contributed by atoms with Gasteiger partial charge in [0.25, 0.3) is 5.91 Å². The summed E-state index contributed by atoms with van der Waals surface area (Å²) in [5.41, 5.74) is 3.45. The Hall–Kier alpha value is -3.91. The van der Waals surface area contributed by atoms with Gasteiger partial charge in [-0.25, -0.2) is 4.79 Å². The number of hydrogen-bond acceptors (Lipinski definition) is 7. The maximum absolute atomic E-state index is 12.9. The van der Waals surface area contributed by atoms with Crippen molar-refractivity contribution in [2.45, 2.75) is 18.8 Å². The van der Waals surface area contributed by atoms with Crippen LogP contribution in [0.5, 0.6) is 0 Å². The number of nitrogens with one attached hydrogen (secondary N) is 2. The van der Waals surface area contributed by atoms with Crippen LogP contribution < -0.4 is 10.6 Å². The zero-order valence-corrected chi connectivity index (χ0v) is 18.9. The SMILES string of the molecule is COC(=O)C1=C(Nc2ccccc2NC2=CC(=O)CC(c3ccccc3)C2)C(=O)N(CCO)C1. The third kappa shape index (κ3) is 5.02. The maximum atomic E-state index is 12.9. The Labute approximate surface area is 197 Å². The topological polar surface area (TPSA) is 108 Å². The van der Waals surface area contributed by atoms with Gasteiger partial charge in [0, 0.05) is 24.7 Å². The highest BCUT2D eigenvalue weighted by Gasteiger charge is 2.34. The number of carbonyl (C=O) groups excluding carboxylic acids is 3. The van der Waals surface area contributed by atoms with Gasteiger partial charge in [0.15, 0.2) is 5.78 Å². The van der Waals surface area contributed by atoms with Crippen molar-refractivity contribution in [2.75, 3.05) is 37.4 Å². The Balaban J connectivity index is 1.58. The number of allylic oxidation sites excluding steroid dienone is 2. The van der Waals surface area contributed by atoms with Gasteiger partial charge in [0.1, 0.15) is 5.70 Å². The van der Waals surface area contributed by atoms with Crippen molar-refractivity contribution in [1.29, 1.82) is 0 Å². The van der Waals surface area contributed by atoms with E-state index in [1.165, 1.54) is 12.0 Å². The van der Waals surface area contributed by atoms with Crippen LogP contribution in [0.1, 0.15) is 24.3 Å². The molecule has 3 N–H and O–H groups in total. The molecule has 0 radical (unpaired) electrons. The standard InChI is InChI=1S/C26H27N3O5/c1-34-26(33)21-16-29(11-12-30)25(32)24(21)28-23-10-6-5-9-22(23)27-19-13-18(14-20(31)15-19)17-7-3-2-4-8-17/h2-10,15,18,27-28,30H,11-14,16H2,1H3. The molecule has 8 heteroatoms. The molecule has 1 amide bonds. The van der Waals surface area contributed by atoms with Gasteiger partial charge < -0.3 is 25.4 Å². The molecule has 2 aliphatic rings. The summed E-state index contributed by atoms with van der Waals surface area (Å²) < 4.78 is 4.85. The van der Waals surface area contributed by atoms with Crippen LogP contribution in [0, 0.1) is 0 Å². The Bertz CT molecular complexity index is 1160. The fourth-order valence-electron chi connectivity index (χ4n) is 4.30. The number of ether oxygens (including phenoxy) is 1. The molecule has 8 nitrogen and oxygen atoms in total. The quantitative estimate of drug-likeness (QED) is 0.519. The number of rotatable bonds is 8. The lowest BCUT2D eigenvalue weighted by Gasteiger charge is -2.24. The Morgan fingerprint density at radius 1 is 1.03 bits per heavy atom. The smallest absolute Gasteiger partial charge is 0.337 e. The zero-order valence-electron chi connectivity index (χ0n) is 18.9. The van der Waals surface area contributed by atoms with Gasteiger partial charge in [0.2, 0.25) is 0 Å². The number of aliphatic hydroxyl groups excluding tert-OH is 1. The molecule has 1 unspecified atom stereocenters. The lowest BCUT2D eigenvalue weighted by molar-refractivity contribution is -0.136. The van der Waals surface area contributed by atoms with E-state index in [4.69, 9.17) is 4.74 Å². The average Bonchev–Trinajstić information content (AvgIpc) is 3.15. The van der Waals surface area contributed by atoms with E-state index in [0.717, 1.165) is 11.3 Å². The van der Waals surface area contributed by atoms with Crippen LogP contribution in [0.25, 0.3) is 0 Å². The number of amides is 1. The van der Waals surface area contributed by atoms with Gasteiger partial charge in [-0.1, -0.05) is 42.5 Å². The van der Waals surface area contributed by atoms with Crippen molar-refractivity contribution < 1.29 is 24.2 Å². The van der Waals surface area contributed by atoms with Crippen LogP contribution >= 0.6 is 0 Å². The van der Waals surface area contributed by atoms with E-state index in [0.29, 0.717) is 24.2 Å². The second-order valence-electron chi connectivity index (χ2n) is 8.24. The molecular formula is C26H27N3O5. The van der Waals surface area contributed by atoms with Crippen molar-refractivity contribution in [3.05, 3.63) is 83.2 Å². The average molecular weight is 462 g/mol. The summed E-state index contributed by atoms with van der Waals surface area (Å²) in [6.07, 6.45) is 2.75. The summed E-state index contributed by atoms with van der Waals surface area (Å²) in [6.45, 7) is -0.0426. The lowest BCUT2D eigenvalue weighted by atomic mass is 9.85. The first kappa shape index (κ1) is 23.3. The molecule has 34 heavy (non-hydrogen) atoms. The number of ketones is 1. The number of aliphatic hydroxyl groups is 1. The molecule has 0 fully saturated rings. The summed E-state index contributed by atoms with van der Waals surface area (Å²) in [6, 6.07) is 17.2. The number of carbonyl (C=O) groups is 3. The normalized spacial score (nSPS) is 18.1. The molecule has 1 aliphatic carbocycles. The van der Waals surface area contributed by atoms with Gasteiger partial charge in [-0.3, -0.25) is 9.59 Å². The van der Waals surface area contributed by atoms with Crippen molar-refractivity contribution in [2.24, 2.45) is 0 Å². The van der Waals surface area contributed by atoms with E-state index < -0.39 is 5.97 Å². The van der Waals surface area contributed by atoms with Gasteiger partial charge in [-0.2, -0.15) is 0 Å². The number of benzene rings is 2. The van der Waals surface area contributed by atoms with Crippen molar-refractivity contribution >= 4 is 29.0 Å². The number of methoxy groups -OCH3 is 1. The van der Waals surface area contributed by atoms with Crippen LogP contribution in [-0.2, 0) is 19.1 Å². The van der Waals surface area contributed by atoms with Crippen molar-refractivity contribution in [3.63, 3.8) is 0 Å². The van der Waals surface area contributed by atoms with E-state index in [1.54, 1.807) is 12.1 Å². The first-order valence-corrected chi connectivity index (χ1v) is 11.1. The highest BCUT2D eigenvalue weighted by Crippen LogP contribution is 2.34. The molecule has 2 aromatic rings. The number of para-hydroxylation sites is 2. The van der Waals surface area contributed by atoms with Crippen LogP contribution in [0.4, 0.5) is 11.4 Å². The molecule has 0 saturated carbocycles. The number of esters is 1. The van der Waals surface area contributed by atoms with E-state index >= 15 is 0 Å². The summed E-state index contributed by atoms with van der Waals surface area (Å²) in [5.74, 6) is -0.860. The number of anilines is 2. The Morgan fingerprint density at radius 3 is 2.38 bits per heavy atom. The minimum atomic E-state index is -0.604. The molecule has 176 valence electrons. The van der Waals surface area contributed by atoms with Crippen LogP contribution in [0.15, 0.2) is 77.6 Å². The third-order valence-corrected chi connectivity index (χ3v) is 5.96. The molecule has 0 spiro atoms. The van der Waals surface area contributed by atoms with Crippen LogP contribution in [0.2, 0.25) is 0 Å². The molecule has 0 bridgehead atoms. The predicted molar refractivity (Wildman–Crippen MR) is 128 cm³/mol. The lowest BCUT2D eigenvalue weighted by Crippen LogP contribution is -2.31. The van der Waals surface area contributed by atoms with E-state index in [2.05, 4.69) is 10.6 Å². The summed E-state index contributed by atoms with van der Waals surface area (Å²) in [5, 5.41) is 15.7. The van der Waals surface area contributed by atoms with Crippen LogP contribution in [-0.4, -0.2) is 54.5 Å². The second-order valence-corrected chi connectivity index (χ2v) is 8.24. The minimum Gasteiger partial charge on any atom is -0.466 e. The predicted octanol–water partition coefficient (Wildman–Crippen LogP) is 2.80. The first-order valence-electron chi connectivity index (χ1n) is 11.1. The van der Waals surface area contributed by atoms with Crippen LogP contribution in [0.3, 0.4) is 0 Å². The summed E-state index contributed by atoms with van der Waals surface area (Å²) in [7, 11) is 1.26. The zero-order chi connectivity index (χ0) is 24.1.